The minimum atomic E-state index is -0.114. The zero-order chi connectivity index (χ0) is 19.1. The van der Waals surface area contributed by atoms with Gasteiger partial charge in [0.05, 0.1) is 14.2 Å². The van der Waals surface area contributed by atoms with Crippen molar-refractivity contribution in [3.8, 4) is 11.5 Å². The van der Waals surface area contributed by atoms with Crippen LogP contribution in [-0.2, 0) is 6.42 Å². The maximum atomic E-state index is 12.4. The molecule has 1 aliphatic rings. The molecule has 0 bridgehead atoms. The van der Waals surface area contributed by atoms with Crippen LogP contribution in [0.1, 0.15) is 35.2 Å². The lowest BCUT2D eigenvalue weighted by Crippen LogP contribution is -2.24. The molecule has 1 fully saturated rings. The summed E-state index contributed by atoms with van der Waals surface area (Å²) >= 11 is 0. The highest BCUT2D eigenvalue weighted by atomic mass is 16.5. The highest BCUT2D eigenvalue weighted by molar-refractivity contribution is 5.95. The molecule has 144 valence electrons. The van der Waals surface area contributed by atoms with Gasteiger partial charge in [0, 0.05) is 37.0 Å². The van der Waals surface area contributed by atoms with Crippen molar-refractivity contribution < 1.29 is 14.3 Å². The predicted molar refractivity (Wildman–Crippen MR) is 108 cm³/mol. The Kier molecular flexibility index (Phi) is 6.58. The van der Waals surface area contributed by atoms with Crippen molar-refractivity contribution in [2.45, 2.75) is 25.7 Å². The van der Waals surface area contributed by atoms with E-state index in [1.165, 1.54) is 37.2 Å². The number of ether oxygens (including phenoxy) is 2. The van der Waals surface area contributed by atoms with Gasteiger partial charge in [-0.15, -0.1) is 0 Å². The standard InChI is InChI=1S/C22H28N2O3/c1-26-20-14-18(15-21(16-20)27-2)22(25)23-11-5-6-17-7-9-19(10-8-17)24-12-3-4-13-24/h7-10,14-16H,3-6,11-13H2,1-2H3,(H,23,25). The van der Waals surface area contributed by atoms with E-state index in [1.807, 2.05) is 0 Å². The number of carbonyl (C=O) groups is 1. The summed E-state index contributed by atoms with van der Waals surface area (Å²) in [5.74, 6) is 1.10. The van der Waals surface area contributed by atoms with Crippen LogP contribution in [0, 0.1) is 0 Å². The summed E-state index contributed by atoms with van der Waals surface area (Å²) in [6, 6.07) is 14.0. The number of nitrogens with one attached hydrogen (secondary N) is 1. The van der Waals surface area contributed by atoms with Crippen LogP contribution in [0.4, 0.5) is 5.69 Å². The lowest BCUT2D eigenvalue weighted by molar-refractivity contribution is 0.0952. The number of hydrogen-bond acceptors (Lipinski definition) is 4. The van der Waals surface area contributed by atoms with Crippen LogP contribution in [0.15, 0.2) is 42.5 Å². The normalized spacial score (nSPS) is 13.5. The topological polar surface area (TPSA) is 50.8 Å². The Bertz CT molecular complexity index is 730. The van der Waals surface area contributed by atoms with E-state index in [0.29, 0.717) is 23.6 Å². The average Bonchev–Trinajstić information content (AvgIpc) is 3.26. The largest absolute Gasteiger partial charge is 0.497 e. The third-order valence-electron chi connectivity index (χ3n) is 4.95. The smallest absolute Gasteiger partial charge is 0.251 e. The molecule has 1 aliphatic heterocycles. The van der Waals surface area contributed by atoms with Gasteiger partial charge in [0.25, 0.3) is 5.91 Å². The van der Waals surface area contributed by atoms with Gasteiger partial charge in [-0.25, -0.2) is 0 Å². The SMILES string of the molecule is COc1cc(OC)cc(C(=O)NCCCc2ccc(N3CCCC3)cc2)c1. The van der Waals surface area contributed by atoms with E-state index in [-0.39, 0.29) is 5.91 Å². The molecule has 0 unspecified atom stereocenters. The molecule has 0 aliphatic carbocycles. The van der Waals surface area contributed by atoms with E-state index in [9.17, 15) is 4.79 Å². The fourth-order valence-corrected chi connectivity index (χ4v) is 3.38. The second-order valence-corrected chi connectivity index (χ2v) is 6.82. The molecule has 0 atom stereocenters. The van der Waals surface area contributed by atoms with E-state index in [4.69, 9.17) is 9.47 Å². The Morgan fingerprint density at radius 1 is 1.00 bits per heavy atom. The summed E-state index contributed by atoms with van der Waals surface area (Å²) in [4.78, 5) is 14.8. The molecule has 27 heavy (non-hydrogen) atoms. The molecule has 2 aromatic rings. The fraction of sp³-hybridized carbons (Fsp3) is 0.409. The Hall–Kier alpha value is -2.69. The number of methoxy groups -OCH3 is 2. The van der Waals surface area contributed by atoms with Gasteiger partial charge in [-0.3, -0.25) is 4.79 Å². The maximum absolute atomic E-state index is 12.4. The van der Waals surface area contributed by atoms with Crippen molar-refractivity contribution in [2.24, 2.45) is 0 Å². The van der Waals surface area contributed by atoms with Crippen LogP contribution in [-0.4, -0.2) is 39.8 Å². The van der Waals surface area contributed by atoms with Gasteiger partial charge < -0.3 is 19.7 Å². The number of aryl methyl sites for hydroxylation is 1. The first-order valence-electron chi connectivity index (χ1n) is 9.55. The van der Waals surface area contributed by atoms with Crippen LogP contribution in [0.25, 0.3) is 0 Å². The van der Waals surface area contributed by atoms with Crippen LogP contribution in [0.5, 0.6) is 11.5 Å². The predicted octanol–water partition coefficient (Wildman–Crippen LogP) is 3.67. The molecule has 0 radical (unpaired) electrons. The molecule has 1 heterocycles. The molecular formula is C22H28N2O3. The summed E-state index contributed by atoms with van der Waals surface area (Å²) in [7, 11) is 3.15. The van der Waals surface area contributed by atoms with E-state index >= 15 is 0 Å². The van der Waals surface area contributed by atoms with Crippen molar-refractivity contribution >= 4 is 11.6 Å². The molecular weight excluding hydrogens is 340 g/mol. The molecule has 0 saturated carbocycles. The van der Waals surface area contributed by atoms with Gasteiger partial charge in [-0.1, -0.05) is 12.1 Å². The average molecular weight is 368 g/mol. The summed E-state index contributed by atoms with van der Waals surface area (Å²) < 4.78 is 10.4. The van der Waals surface area contributed by atoms with E-state index in [2.05, 4.69) is 34.5 Å². The first-order chi connectivity index (χ1) is 13.2. The third-order valence-corrected chi connectivity index (χ3v) is 4.95. The van der Waals surface area contributed by atoms with Crippen LogP contribution >= 0.6 is 0 Å². The minimum absolute atomic E-state index is 0.114. The third kappa shape index (κ3) is 5.16. The maximum Gasteiger partial charge on any atom is 0.251 e. The first kappa shape index (κ1) is 19.1. The van der Waals surface area contributed by atoms with Crippen molar-refractivity contribution in [1.29, 1.82) is 0 Å². The highest BCUT2D eigenvalue weighted by Crippen LogP contribution is 2.23. The van der Waals surface area contributed by atoms with Gasteiger partial charge in [0.15, 0.2) is 0 Å². The molecule has 0 aromatic heterocycles. The number of anilines is 1. The number of amides is 1. The highest BCUT2D eigenvalue weighted by Gasteiger charge is 2.12. The van der Waals surface area contributed by atoms with Gasteiger partial charge in [-0.05, 0) is 55.5 Å². The van der Waals surface area contributed by atoms with Crippen molar-refractivity contribution in [3.63, 3.8) is 0 Å². The van der Waals surface area contributed by atoms with Crippen molar-refractivity contribution in [1.82, 2.24) is 5.32 Å². The summed E-state index contributed by atoms with van der Waals surface area (Å²) in [5, 5.41) is 2.97. The monoisotopic (exact) mass is 368 g/mol. The fourth-order valence-electron chi connectivity index (χ4n) is 3.38. The van der Waals surface area contributed by atoms with Gasteiger partial charge >= 0.3 is 0 Å². The van der Waals surface area contributed by atoms with Crippen molar-refractivity contribution in [3.05, 3.63) is 53.6 Å². The summed E-state index contributed by atoms with van der Waals surface area (Å²) in [6.45, 7) is 2.97. The molecule has 5 nitrogen and oxygen atoms in total. The van der Waals surface area contributed by atoms with Gasteiger partial charge in [0.2, 0.25) is 0 Å². The lowest BCUT2D eigenvalue weighted by atomic mass is 10.1. The Labute approximate surface area is 161 Å². The van der Waals surface area contributed by atoms with E-state index in [1.54, 1.807) is 32.4 Å². The molecule has 3 rings (SSSR count). The van der Waals surface area contributed by atoms with Crippen LogP contribution in [0.2, 0.25) is 0 Å². The summed E-state index contributed by atoms with van der Waals surface area (Å²) in [5.41, 5.74) is 3.16. The van der Waals surface area contributed by atoms with Crippen molar-refractivity contribution in [2.75, 3.05) is 38.8 Å². The number of benzene rings is 2. The molecule has 0 spiro atoms. The number of rotatable bonds is 8. The Morgan fingerprint density at radius 2 is 1.63 bits per heavy atom. The van der Waals surface area contributed by atoms with E-state index in [0.717, 1.165) is 12.8 Å². The Morgan fingerprint density at radius 3 is 2.22 bits per heavy atom. The second kappa shape index (κ2) is 9.31. The zero-order valence-electron chi connectivity index (χ0n) is 16.2. The Balaban J connectivity index is 1.46. The molecule has 1 amide bonds. The van der Waals surface area contributed by atoms with Gasteiger partial charge in [0.1, 0.15) is 11.5 Å². The number of carbonyl (C=O) groups excluding carboxylic acids is 1. The first-order valence-corrected chi connectivity index (χ1v) is 9.55. The van der Waals surface area contributed by atoms with Crippen LogP contribution < -0.4 is 19.7 Å². The van der Waals surface area contributed by atoms with E-state index < -0.39 is 0 Å². The zero-order valence-corrected chi connectivity index (χ0v) is 16.2. The number of nitrogens with zero attached hydrogens (tertiary/aromatic N) is 1. The number of hydrogen-bond donors (Lipinski definition) is 1. The van der Waals surface area contributed by atoms with Crippen LogP contribution in [0.3, 0.4) is 0 Å². The second-order valence-electron chi connectivity index (χ2n) is 6.82. The molecule has 5 heteroatoms. The van der Waals surface area contributed by atoms with Gasteiger partial charge in [-0.2, -0.15) is 0 Å². The summed E-state index contributed by atoms with van der Waals surface area (Å²) in [6.07, 6.45) is 4.43. The molecule has 2 aromatic carbocycles. The lowest BCUT2D eigenvalue weighted by Gasteiger charge is -2.17. The molecule has 1 saturated heterocycles. The minimum Gasteiger partial charge on any atom is -0.497 e. The quantitative estimate of drug-likeness (QED) is 0.723. The molecule has 1 N–H and O–H groups in total.